The molecule has 1 aromatic rings. The fraction of sp³-hybridized carbons (Fsp3) is 0.519. The Bertz CT molecular complexity index is 1080. The van der Waals surface area contributed by atoms with Gasteiger partial charge >= 0.3 is 11.9 Å². The highest BCUT2D eigenvalue weighted by atomic mass is 16.4. The molecule has 0 aliphatic carbocycles. The quantitative estimate of drug-likeness (QED) is 0.153. The Hall–Kier alpha value is -4.29. The molecule has 0 heterocycles. The van der Waals surface area contributed by atoms with E-state index in [1.807, 2.05) is 6.92 Å². The second-order valence-electron chi connectivity index (χ2n) is 9.58. The van der Waals surface area contributed by atoms with Crippen LogP contribution in [0.5, 0.6) is 0 Å². The number of carboxylic acid groups (broad SMARTS) is 2. The number of carbonyl (C=O) groups is 7. The highest BCUT2D eigenvalue weighted by Gasteiger charge is 2.32. The van der Waals surface area contributed by atoms with Crippen molar-refractivity contribution in [2.45, 2.75) is 84.0 Å². The lowest BCUT2D eigenvalue weighted by Crippen LogP contribution is -2.59. The van der Waals surface area contributed by atoms with E-state index in [1.165, 1.54) is 6.92 Å². The highest BCUT2D eigenvalue weighted by Crippen LogP contribution is 2.11. The number of benzene rings is 1. The molecule has 1 rings (SSSR count). The molecule has 0 fully saturated rings. The number of ketones is 1. The van der Waals surface area contributed by atoms with Crippen molar-refractivity contribution in [1.29, 1.82) is 0 Å². The lowest BCUT2D eigenvalue weighted by atomic mass is 9.97. The molecule has 0 aromatic heterocycles. The van der Waals surface area contributed by atoms with Crippen molar-refractivity contribution in [3.63, 3.8) is 0 Å². The third kappa shape index (κ3) is 12.0. The van der Waals surface area contributed by atoms with E-state index in [1.54, 1.807) is 37.3 Å². The molecule has 0 saturated heterocycles. The number of amides is 4. The Morgan fingerprint density at radius 3 is 1.80 bits per heavy atom. The molecular weight excluding hydrogens is 524 g/mol. The van der Waals surface area contributed by atoms with Crippen molar-refractivity contribution >= 4 is 41.4 Å². The van der Waals surface area contributed by atoms with Crippen molar-refractivity contribution in [3.05, 3.63) is 35.9 Å². The summed E-state index contributed by atoms with van der Waals surface area (Å²) in [5, 5.41) is 28.2. The lowest BCUT2D eigenvalue weighted by Gasteiger charge is -2.27. The van der Waals surface area contributed by atoms with Crippen molar-refractivity contribution in [2.75, 3.05) is 0 Å². The summed E-state index contributed by atoms with van der Waals surface area (Å²) in [5.74, 6) is -6.29. The molecule has 0 aliphatic rings. The van der Waals surface area contributed by atoms with Gasteiger partial charge in [-0.15, -0.1) is 0 Å². The Morgan fingerprint density at radius 2 is 1.30 bits per heavy atom. The van der Waals surface area contributed by atoms with E-state index in [4.69, 9.17) is 5.11 Å². The maximum atomic E-state index is 13.3. The second-order valence-corrected chi connectivity index (χ2v) is 9.58. The van der Waals surface area contributed by atoms with Crippen molar-refractivity contribution in [1.82, 2.24) is 21.3 Å². The molecule has 5 atom stereocenters. The molecule has 40 heavy (non-hydrogen) atoms. The van der Waals surface area contributed by atoms with Crippen LogP contribution in [0.2, 0.25) is 0 Å². The van der Waals surface area contributed by atoms with Crippen LogP contribution in [0, 0.1) is 5.92 Å². The van der Waals surface area contributed by atoms with E-state index in [-0.39, 0.29) is 18.8 Å². The summed E-state index contributed by atoms with van der Waals surface area (Å²) in [5.41, 5.74) is 0.633. The molecule has 220 valence electrons. The molecular formula is C27H38N4O9. The first kappa shape index (κ1) is 33.7. The van der Waals surface area contributed by atoms with Gasteiger partial charge in [0.1, 0.15) is 18.1 Å². The fourth-order valence-corrected chi connectivity index (χ4v) is 3.79. The molecule has 0 aliphatic heterocycles. The van der Waals surface area contributed by atoms with Crippen LogP contribution in [-0.2, 0) is 40.0 Å². The second kappa shape index (κ2) is 16.6. The molecule has 1 aromatic carbocycles. The van der Waals surface area contributed by atoms with Gasteiger partial charge in [0, 0.05) is 19.8 Å². The predicted octanol–water partition coefficient (Wildman–Crippen LogP) is 0.163. The minimum absolute atomic E-state index is 0.0446. The summed E-state index contributed by atoms with van der Waals surface area (Å²) in [7, 11) is 0. The zero-order valence-electron chi connectivity index (χ0n) is 23.1. The molecule has 6 N–H and O–H groups in total. The van der Waals surface area contributed by atoms with E-state index in [2.05, 4.69) is 21.3 Å². The Balaban J connectivity index is 3.26. The molecule has 0 spiro atoms. The van der Waals surface area contributed by atoms with E-state index in [9.17, 15) is 38.7 Å². The Morgan fingerprint density at radius 1 is 0.750 bits per heavy atom. The van der Waals surface area contributed by atoms with Crippen molar-refractivity contribution in [3.8, 4) is 0 Å². The van der Waals surface area contributed by atoms with Gasteiger partial charge in [0.15, 0.2) is 5.78 Å². The summed E-state index contributed by atoms with van der Waals surface area (Å²) in [4.78, 5) is 85.5. The monoisotopic (exact) mass is 562 g/mol. The van der Waals surface area contributed by atoms with Gasteiger partial charge in [0.2, 0.25) is 23.6 Å². The summed E-state index contributed by atoms with van der Waals surface area (Å²) in [6.07, 6.45) is -0.971. The highest BCUT2D eigenvalue weighted by molar-refractivity contribution is 5.96. The largest absolute Gasteiger partial charge is 0.481 e. The average molecular weight is 563 g/mol. The van der Waals surface area contributed by atoms with Gasteiger partial charge in [0.25, 0.3) is 0 Å². The van der Waals surface area contributed by atoms with Crippen LogP contribution < -0.4 is 21.3 Å². The first-order valence-electron chi connectivity index (χ1n) is 12.9. The summed E-state index contributed by atoms with van der Waals surface area (Å²) in [6, 6.07) is 3.56. The van der Waals surface area contributed by atoms with Gasteiger partial charge in [-0.25, -0.2) is 0 Å². The molecule has 0 unspecified atom stereocenters. The van der Waals surface area contributed by atoms with Crippen LogP contribution in [0.1, 0.15) is 58.9 Å². The number of hydrogen-bond donors (Lipinski definition) is 6. The lowest BCUT2D eigenvalue weighted by molar-refractivity contribution is -0.141. The van der Waals surface area contributed by atoms with Crippen LogP contribution in [0.25, 0.3) is 0 Å². The number of Topliss-reactive ketones (excluding diaryl/α,β-unsaturated/α-hetero) is 1. The van der Waals surface area contributed by atoms with E-state index < -0.39 is 78.4 Å². The molecule has 4 amide bonds. The van der Waals surface area contributed by atoms with Crippen molar-refractivity contribution in [2.24, 2.45) is 5.92 Å². The minimum atomic E-state index is -1.38. The zero-order chi connectivity index (χ0) is 30.4. The number of hydrogen-bond acceptors (Lipinski definition) is 7. The van der Waals surface area contributed by atoms with Gasteiger partial charge in [-0.1, -0.05) is 50.6 Å². The molecule has 0 radical (unpaired) electrons. The number of nitrogens with one attached hydrogen (secondary N) is 4. The number of rotatable bonds is 17. The van der Waals surface area contributed by atoms with E-state index >= 15 is 0 Å². The zero-order valence-corrected chi connectivity index (χ0v) is 23.1. The fourth-order valence-electron chi connectivity index (χ4n) is 3.79. The van der Waals surface area contributed by atoms with E-state index in [0.29, 0.717) is 12.0 Å². The number of carboxylic acids is 2. The molecule has 13 nitrogen and oxygen atoms in total. The standard InChI is InChI=1S/C27H38N4O9/c1-5-15(2)24(28-17(4)33)27(40)29-19(11-12-22(34)35)25(38)31-21(13-18-9-7-6-8-10-18)26(39)30-20(16(3)32)14-23(36)37/h6-10,15,19-21,24H,5,11-14H2,1-4H3,(H,28,33)(H,29,40)(H,30,39)(H,31,38)(H,34,35)(H,36,37)/t15-,19+,20+,21+,24+/m1/s1. The maximum Gasteiger partial charge on any atom is 0.305 e. The SMILES string of the molecule is CC[C@@H](C)[C@H](NC(C)=O)C(=O)N[C@@H](CCC(=O)O)C(=O)N[C@@H](Cc1ccccc1)C(=O)N[C@@H](CC(=O)O)C(C)=O. The summed E-state index contributed by atoms with van der Waals surface area (Å²) < 4.78 is 0. The van der Waals surface area contributed by atoms with Crippen molar-refractivity contribution < 1.29 is 43.8 Å². The van der Waals surface area contributed by atoms with Gasteiger partial charge in [-0.3, -0.25) is 33.6 Å². The van der Waals surface area contributed by atoms with Gasteiger partial charge in [0.05, 0.1) is 12.5 Å². The Labute approximate surface area is 232 Å². The molecule has 0 saturated carbocycles. The molecule has 0 bridgehead atoms. The first-order chi connectivity index (χ1) is 18.7. The van der Waals surface area contributed by atoms with Crippen LogP contribution in [0.4, 0.5) is 0 Å². The van der Waals surface area contributed by atoms with Crippen LogP contribution in [0.3, 0.4) is 0 Å². The van der Waals surface area contributed by atoms with E-state index in [0.717, 1.165) is 6.92 Å². The normalized spacial score (nSPS) is 14.4. The minimum Gasteiger partial charge on any atom is -0.481 e. The maximum absolute atomic E-state index is 13.3. The van der Waals surface area contributed by atoms with Gasteiger partial charge in [-0.05, 0) is 24.8 Å². The predicted molar refractivity (Wildman–Crippen MR) is 143 cm³/mol. The number of aliphatic carboxylic acids is 2. The third-order valence-corrected chi connectivity index (χ3v) is 6.24. The smallest absolute Gasteiger partial charge is 0.305 e. The van der Waals surface area contributed by atoms with Crippen LogP contribution in [-0.4, -0.2) is 75.7 Å². The van der Waals surface area contributed by atoms with Crippen LogP contribution >= 0.6 is 0 Å². The third-order valence-electron chi connectivity index (χ3n) is 6.24. The Kier molecular flexibility index (Phi) is 14.0. The summed E-state index contributed by atoms with van der Waals surface area (Å²) in [6.45, 7) is 5.91. The van der Waals surface area contributed by atoms with Gasteiger partial charge < -0.3 is 31.5 Å². The summed E-state index contributed by atoms with van der Waals surface area (Å²) >= 11 is 0. The average Bonchev–Trinajstić information content (AvgIpc) is 2.88. The van der Waals surface area contributed by atoms with Crippen LogP contribution in [0.15, 0.2) is 30.3 Å². The van der Waals surface area contributed by atoms with Gasteiger partial charge in [-0.2, -0.15) is 0 Å². The number of carbonyl (C=O) groups excluding carboxylic acids is 5. The topological polar surface area (TPSA) is 208 Å². The first-order valence-corrected chi connectivity index (χ1v) is 12.9. The molecule has 13 heteroatoms.